The van der Waals surface area contributed by atoms with Gasteiger partial charge < -0.3 is 34.4 Å². The number of aliphatic hydroxyl groups excluding tert-OH is 1. The number of carbonyl (C=O) groups is 3. The zero-order valence-electron chi connectivity index (χ0n) is 29.8. The van der Waals surface area contributed by atoms with E-state index in [1.807, 2.05) is 90.2 Å². The Hall–Kier alpha value is -3.97. The number of hydrogen-bond donors (Lipinski definition) is 2. The first-order valence-electron chi connectivity index (χ1n) is 17.1. The monoisotopic (exact) mass is 694 g/mol. The van der Waals surface area contributed by atoms with Crippen LogP contribution in [-0.2, 0) is 14.3 Å². The van der Waals surface area contributed by atoms with Crippen LogP contribution in [0.15, 0.2) is 40.4 Å². The number of nitrogens with one attached hydrogen (secondary N) is 1. The molecule has 266 valence electrons. The summed E-state index contributed by atoms with van der Waals surface area (Å²) in [6.45, 7) is 14.5. The summed E-state index contributed by atoms with van der Waals surface area (Å²) >= 11 is 1.59. The lowest BCUT2D eigenvalue weighted by Crippen LogP contribution is -2.48. The molecule has 2 fully saturated rings. The number of aliphatic hydroxyl groups is 1. The van der Waals surface area contributed by atoms with Gasteiger partial charge in [0, 0.05) is 45.2 Å². The first-order valence-corrected chi connectivity index (χ1v) is 18.0. The minimum absolute atomic E-state index is 0.0640. The molecule has 4 atom stereocenters. The average Bonchev–Trinajstić information content (AvgIpc) is 3.80. The Labute approximate surface area is 292 Å². The highest BCUT2D eigenvalue weighted by Crippen LogP contribution is 2.34. The van der Waals surface area contributed by atoms with E-state index in [0.717, 1.165) is 34.5 Å². The minimum Gasteiger partial charge on any atom is -0.444 e. The normalized spacial score (nSPS) is 20.0. The molecule has 3 amide bonds. The molecule has 0 bridgehead atoms. The molecule has 2 saturated heterocycles. The van der Waals surface area contributed by atoms with Gasteiger partial charge >= 0.3 is 6.09 Å². The van der Waals surface area contributed by atoms with Crippen LogP contribution in [0.2, 0.25) is 0 Å². The molecule has 12 nitrogen and oxygen atoms in total. The lowest BCUT2D eigenvalue weighted by molar-refractivity contribution is -0.141. The quantitative estimate of drug-likeness (QED) is 0.296. The van der Waals surface area contributed by atoms with Gasteiger partial charge in [-0.3, -0.25) is 9.59 Å². The van der Waals surface area contributed by atoms with E-state index >= 15 is 0 Å². The van der Waals surface area contributed by atoms with Gasteiger partial charge in [0.05, 0.1) is 28.2 Å². The maximum absolute atomic E-state index is 14.1. The van der Waals surface area contributed by atoms with Crippen LogP contribution in [0.25, 0.3) is 10.4 Å². The third-order valence-corrected chi connectivity index (χ3v) is 10.4. The number of aromatic nitrogens is 2. The largest absolute Gasteiger partial charge is 0.444 e. The summed E-state index contributed by atoms with van der Waals surface area (Å²) in [5, 5.41) is 18.0. The zero-order valence-corrected chi connectivity index (χ0v) is 30.6. The highest BCUT2D eigenvalue weighted by molar-refractivity contribution is 7.13. The van der Waals surface area contributed by atoms with Gasteiger partial charge in [-0.05, 0) is 64.5 Å². The standard InChI is InChI=1S/C36H50N6O6S/c1-21(2)31(29-18-30(39-48-29)40(8)26-13-15-41(16-14-26)35(46)47-36(5,6)7)34(45)42-19-27(43)17-28(42)33(44)38-22(3)24-9-11-25(12-10-24)32-23(4)37-20-49-32/h9-12,18,20-22,26-28,31,43H,13-17,19H2,1-8H3,(H,38,44)/t22-,27+,28-,31-/m0/s1. The number of hydrogen-bond acceptors (Lipinski definition) is 10. The molecule has 2 N–H and O–H groups in total. The number of aryl methyl sites for hydroxylation is 1. The Bertz CT molecular complexity index is 1610. The molecule has 2 aliphatic rings. The summed E-state index contributed by atoms with van der Waals surface area (Å²) in [5.74, 6) is -0.415. The van der Waals surface area contributed by atoms with Crippen molar-refractivity contribution in [1.29, 1.82) is 0 Å². The molecule has 1 aromatic carbocycles. The Balaban J connectivity index is 1.23. The van der Waals surface area contributed by atoms with Crippen molar-refractivity contribution in [2.75, 3.05) is 31.6 Å². The van der Waals surface area contributed by atoms with E-state index in [4.69, 9.17) is 9.26 Å². The third kappa shape index (κ3) is 8.43. The number of piperidine rings is 1. The average molecular weight is 695 g/mol. The van der Waals surface area contributed by atoms with Crippen molar-refractivity contribution in [3.05, 3.63) is 52.9 Å². The van der Waals surface area contributed by atoms with E-state index < -0.39 is 23.7 Å². The van der Waals surface area contributed by atoms with Crippen molar-refractivity contribution in [3.63, 3.8) is 0 Å². The second-order valence-corrected chi connectivity index (χ2v) is 15.5. The number of thiazole rings is 1. The van der Waals surface area contributed by atoms with Gasteiger partial charge in [-0.25, -0.2) is 9.78 Å². The Morgan fingerprint density at radius 3 is 2.39 bits per heavy atom. The first kappa shape index (κ1) is 36.3. The Morgan fingerprint density at radius 2 is 1.80 bits per heavy atom. The molecule has 3 aromatic rings. The summed E-state index contributed by atoms with van der Waals surface area (Å²) < 4.78 is 11.3. The molecular formula is C36H50N6O6S. The zero-order chi connectivity index (χ0) is 35.6. The van der Waals surface area contributed by atoms with E-state index in [0.29, 0.717) is 24.7 Å². The van der Waals surface area contributed by atoms with Crippen LogP contribution in [-0.4, -0.2) is 93.4 Å². The van der Waals surface area contributed by atoms with Crippen molar-refractivity contribution in [1.82, 2.24) is 25.3 Å². The Morgan fingerprint density at radius 1 is 1.12 bits per heavy atom. The number of likely N-dealkylation sites (tertiary alicyclic amines) is 2. The number of carbonyl (C=O) groups excluding carboxylic acids is 3. The molecule has 49 heavy (non-hydrogen) atoms. The van der Waals surface area contributed by atoms with Crippen LogP contribution >= 0.6 is 11.3 Å². The third-order valence-electron chi connectivity index (χ3n) is 9.42. The number of benzene rings is 1. The van der Waals surface area contributed by atoms with Crippen LogP contribution in [0.3, 0.4) is 0 Å². The Kier molecular flexibility index (Phi) is 11.0. The van der Waals surface area contributed by atoms with Crippen molar-refractivity contribution in [2.45, 2.75) is 103 Å². The molecule has 2 aliphatic heterocycles. The maximum atomic E-state index is 14.1. The summed E-state index contributed by atoms with van der Waals surface area (Å²) in [6, 6.07) is 8.83. The van der Waals surface area contributed by atoms with E-state index in [2.05, 4.69) is 15.5 Å². The van der Waals surface area contributed by atoms with Gasteiger partial charge in [0.1, 0.15) is 17.6 Å². The van der Waals surface area contributed by atoms with Crippen molar-refractivity contribution in [2.24, 2.45) is 5.92 Å². The lowest BCUT2D eigenvalue weighted by atomic mass is 9.91. The fraction of sp³-hybridized carbons (Fsp3) is 0.583. The maximum Gasteiger partial charge on any atom is 0.410 e. The number of nitrogens with zero attached hydrogens (tertiary/aromatic N) is 5. The SMILES string of the molecule is Cc1ncsc1-c1ccc([C@H](C)NC(=O)[C@@H]2C[C@@H](O)CN2C(=O)[C@H](c2cc(N(C)C3CCN(C(=O)OC(C)(C)C)CC3)no2)C(C)C)cc1. The van der Waals surface area contributed by atoms with Crippen LogP contribution < -0.4 is 10.2 Å². The molecule has 0 spiro atoms. The highest BCUT2D eigenvalue weighted by atomic mass is 32.1. The van der Waals surface area contributed by atoms with Crippen LogP contribution in [0.1, 0.15) is 89.8 Å². The number of β-amino-alcohol motifs (C(OH)–C–C–N with tert-alkyl or cyclic N) is 1. The minimum atomic E-state index is -0.814. The lowest BCUT2D eigenvalue weighted by Gasteiger charge is -2.37. The molecule has 4 heterocycles. The molecule has 2 aromatic heterocycles. The van der Waals surface area contributed by atoms with Crippen LogP contribution in [0, 0.1) is 12.8 Å². The van der Waals surface area contributed by atoms with E-state index in [-0.39, 0.29) is 48.9 Å². The molecule has 0 saturated carbocycles. The topological polar surface area (TPSA) is 141 Å². The van der Waals surface area contributed by atoms with Gasteiger partial charge in [-0.1, -0.05) is 43.3 Å². The summed E-state index contributed by atoms with van der Waals surface area (Å²) in [7, 11) is 1.94. The number of anilines is 1. The fourth-order valence-corrected chi connectivity index (χ4v) is 7.47. The van der Waals surface area contributed by atoms with Crippen LogP contribution in [0.4, 0.5) is 10.6 Å². The van der Waals surface area contributed by atoms with Crippen molar-refractivity contribution in [3.8, 4) is 10.4 Å². The summed E-state index contributed by atoms with van der Waals surface area (Å²) in [5.41, 5.74) is 4.27. The summed E-state index contributed by atoms with van der Waals surface area (Å²) in [6.07, 6.45) is 0.515. The van der Waals surface area contributed by atoms with Gasteiger partial charge in [0.25, 0.3) is 0 Å². The number of amides is 3. The van der Waals surface area contributed by atoms with Crippen molar-refractivity contribution < 1.29 is 28.8 Å². The molecule has 0 unspecified atom stereocenters. The molecule has 5 rings (SSSR count). The van der Waals surface area contributed by atoms with E-state index in [1.165, 1.54) is 4.90 Å². The second kappa shape index (κ2) is 14.9. The fourth-order valence-electron chi connectivity index (χ4n) is 6.66. The molecule has 0 aliphatic carbocycles. The number of rotatable bonds is 9. The highest BCUT2D eigenvalue weighted by Gasteiger charge is 2.43. The smallest absolute Gasteiger partial charge is 0.410 e. The first-order chi connectivity index (χ1) is 23.1. The predicted octanol–water partition coefficient (Wildman–Crippen LogP) is 5.52. The molecule has 13 heteroatoms. The van der Waals surface area contributed by atoms with Gasteiger partial charge in [-0.15, -0.1) is 11.3 Å². The van der Waals surface area contributed by atoms with Crippen LogP contribution in [0.5, 0.6) is 0 Å². The van der Waals surface area contributed by atoms with E-state index in [1.54, 1.807) is 22.3 Å². The summed E-state index contributed by atoms with van der Waals surface area (Å²) in [4.78, 5) is 51.0. The number of ether oxygens (including phenoxy) is 1. The van der Waals surface area contributed by atoms with Crippen molar-refractivity contribution >= 4 is 35.1 Å². The van der Waals surface area contributed by atoms with E-state index in [9.17, 15) is 19.5 Å². The van der Waals surface area contributed by atoms with Gasteiger partial charge in [0.2, 0.25) is 11.8 Å². The molecular weight excluding hydrogens is 644 g/mol. The molecule has 0 radical (unpaired) electrons. The van der Waals surface area contributed by atoms with Gasteiger partial charge in [0.15, 0.2) is 11.6 Å². The van der Waals surface area contributed by atoms with Gasteiger partial charge in [-0.2, -0.15) is 0 Å². The predicted molar refractivity (Wildman–Crippen MR) is 188 cm³/mol. The second-order valence-electron chi connectivity index (χ2n) is 14.6.